The Morgan fingerprint density at radius 3 is 2.57 bits per heavy atom. The summed E-state index contributed by atoms with van der Waals surface area (Å²) in [5, 5.41) is 10.2. The normalized spacial score (nSPS) is 15.3. The predicted octanol–water partition coefficient (Wildman–Crippen LogP) is 4.46. The number of carbonyl (C=O) groups excluding carboxylic acids is 1. The van der Waals surface area contributed by atoms with Crippen LogP contribution in [-0.2, 0) is 11.3 Å². The van der Waals surface area contributed by atoms with Gasteiger partial charge in [0, 0.05) is 56.0 Å². The van der Waals surface area contributed by atoms with Crippen molar-refractivity contribution in [1.82, 2.24) is 25.0 Å². The van der Waals surface area contributed by atoms with E-state index in [0.717, 1.165) is 55.1 Å². The fourth-order valence-electron chi connectivity index (χ4n) is 4.52. The number of nitrogens with zero attached hydrogens (tertiary/aromatic N) is 4. The van der Waals surface area contributed by atoms with E-state index >= 15 is 0 Å². The number of aromatic amines is 1. The topological polar surface area (TPSA) is 69.2 Å². The molecule has 1 saturated heterocycles. The van der Waals surface area contributed by atoms with E-state index in [-0.39, 0.29) is 24.2 Å². The molecule has 2 N–H and O–H groups in total. The smallest absolute Gasteiger partial charge is 0.222 e. The maximum absolute atomic E-state index is 14.2. The number of benzene rings is 2. The monoisotopic (exact) mass is 496 g/mol. The summed E-state index contributed by atoms with van der Waals surface area (Å²) >= 11 is 5.40. The molecule has 1 atom stereocenters. The fourth-order valence-corrected chi connectivity index (χ4v) is 4.74. The molecule has 1 unspecified atom stereocenters. The van der Waals surface area contributed by atoms with Gasteiger partial charge in [0.05, 0.1) is 6.04 Å². The highest BCUT2D eigenvalue weighted by Crippen LogP contribution is 2.28. The highest BCUT2D eigenvalue weighted by Gasteiger charge is 2.22. The van der Waals surface area contributed by atoms with Crippen LogP contribution in [0, 0.1) is 17.5 Å². The first kappa shape index (κ1) is 25.1. The number of hydrogen-bond donors (Lipinski definition) is 2. The number of hydrogen-bond acceptors (Lipinski definition) is 5. The summed E-state index contributed by atoms with van der Waals surface area (Å²) in [6.07, 6.45) is 0.233. The molecule has 9 heteroatoms. The Bertz CT molecular complexity index is 1210. The van der Waals surface area contributed by atoms with Crippen molar-refractivity contribution < 1.29 is 9.18 Å². The lowest BCUT2D eigenvalue weighted by atomic mass is 10.0. The lowest BCUT2D eigenvalue weighted by Crippen LogP contribution is -2.46. The van der Waals surface area contributed by atoms with Gasteiger partial charge in [-0.05, 0) is 50.8 Å². The van der Waals surface area contributed by atoms with E-state index in [1.165, 1.54) is 12.1 Å². The predicted molar refractivity (Wildman–Crippen MR) is 139 cm³/mol. The molecule has 7 nitrogen and oxygen atoms in total. The molecule has 3 aromatic rings. The van der Waals surface area contributed by atoms with Crippen LogP contribution in [0.15, 0.2) is 42.5 Å². The van der Waals surface area contributed by atoms with E-state index in [4.69, 9.17) is 12.2 Å². The van der Waals surface area contributed by atoms with Crippen LogP contribution >= 0.6 is 12.2 Å². The Balaban J connectivity index is 1.43. The summed E-state index contributed by atoms with van der Waals surface area (Å²) in [4.78, 5) is 17.6. The van der Waals surface area contributed by atoms with E-state index in [1.54, 1.807) is 0 Å². The average molecular weight is 497 g/mol. The van der Waals surface area contributed by atoms with Gasteiger partial charge in [-0.25, -0.2) is 4.39 Å². The molecule has 1 aliphatic heterocycles. The number of aromatic nitrogens is 3. The molecule has 0 radical (unpaired) electrons. The largest absolute Gasteiger partial charge is 0.369 e. The van der Waals surface area contributed by atoms with E-state index in [9.17, 15) is 9.18 Å². The fraction of sp³-hybridized carbons (Fsp3) is 0.423. The lowest BCUT2D eigenvalue weighted by molar-refractivity contribution is -0.121. The Morgan fingerprint density at radius 1 is 1.17 bits per heavy atom. The Kier molecular flexibility index (Phi) is 7.97. The SMILES string of the molecule is CCN1CCN(c2ccc(F)cc2C(C)NC(=O)CCn2c(-c3ccc(C)cc3)n[nH]c2=S)CC1. The van der Waals surface area contributed by atoms with Crippen LogP contribution in [0.1, 0.15) is 37.4 Å². The Morgan fingerprint density at radius 2 is 1.89 bits per heavy atom. The van der Waals surface area contributed by atoms with Gasteiger partial charge in [-0.3, -0.25) is 14.5 Å². The van der Waals surface area contributed by atoms with Crippen LogP contribution in [0.4, 0.5) is 10.1 Å². The number of halogens is 1. The molecule has 0 aliphatic carbocycles. The second-order valence-electron chi connectivity index (χ2n) is 9.03. The third-order valence-electron chi connectivity index (χ3n) is 6.62. The first-order valence-electron chi connectivity index (χ1n) is 12.1. The zero-order valence-electron chi connectivity index (χ0n) is 20.6. The third kappa shape index (κ3) is 5.97. The highest BCUT2D eigenvalue weighted by molar-refractivity contribution is 7.71. The number of amides is 1. The molecule has 2 aromatic carbocycles. The number of rotatable bonds is 8. The number of nitrogens with one attached hydrogen (secondary N) is 2. The van der Waals surface area contributed by atoms with Gasteiger partial charge in [0.2, 0.25) is 5.91 Å². The molecule has 1 amide bonds. The van der Waals surface area contributed by atoms with Gasteiger partial charge in [0.1, 0.15) is 5.82 Å². The first-order chi connectivity index (χ1) is 16.9. The summed E-state index contributed by atoms with van der Waals surface area (Å²) in [7, 11) is 0. The van der Waals surface area contributed by atoms with Crippen LogP contribution in [0.3, 0.4) is 0 Å². The van der Waals surface area contributed by atoms with Crippen LogP contribution in [0.25, 0.3) is 11.4 Å². The standard InChI is InChI=1S/C26H33FN6OS/c1-4-31-13-15-32(16-14-31)23-10-9-21(27)17-22(23)19(3)28-24(34)11-12-33-25(29-30-26(33)35)20-7-5-18(2)6-8-20/h5-10,17,19H,4,11-16H2,1-3H3,(H,28,34)(H,30,35). The van der Waals surface area contributed by atoms with Gasteiger partial charge in [-0.2, -0.15) is 5.10 Å². The summed E-state index contributed by atoms with van der Waals surface area (Å²) < 4.78 is 16.5. The minimum atomic E-state index is -0.328. The molecule has 0 saturated carbocycles. The zero-order valence-corrected chi connectivity index (χ0v) is 21.4. The summed E-state index contributed by atoms with van der Waals surface area (Å²) in [5.74, 6) is 0.278. The molecule has 1 aliphatic rings. The van der Waals surface area contributed by atoms with Crippen molar-refractivity contribution in [3.05, 3.63) is 64.2 Å². The maximum atomic E-state index is 14.2. The minimum Gasteiger partial charge on any atom is -0.369 e. The zero-order chi connectivity index (χ0) is 24.9. The van der Waals surface area contributed by atoms with Gasteiger partial charge in [-0.1, -0.05) is 36.8 Å². The van der Waals surface area contributed by atoms with E-state index in [2.05, 4.69) is 32.2 Å². The van der Waals surface area contributed by atoms with Crippen LogP contribution in [-0.4, -0.2) is 58.3 Å². The molecule has 2 heterocycles. The number of likely N-dealkylation sites (N-methyl/N-ethyl adjacent to an activating group) is 1. The molecule has 35 heavy (non-hydrogen) atoms. The summed E-state index contributed by atoms with van der Waals surface area (Å²) in [6.45, 7) is 11.2. The van der Waals surface area contributed by atoms with Crippen molar-refractivity contribution in [2.24, 2.45) is 0 Å². The Labute approximate surface area is 211 Å². The molecule has 4 rings (SSSR count). The lowest BCUT2D eigenvalue weighted by Gasteiger charge is -2.37. The number of H-pyrrole nitrogens is 1. The second kappa shape index (κ2) is 11.1. The third-order valence-corrected chi connectivity index (χ3v) is 6.94. The molecule has 0 spiro atoms. The Hall–Kier alpha value is -3.04. The first-order valence-corrected chi connectivity index (χ1v) is 12.5. The van der Waals surface area contributed by atoms with Crippen molar-refractivity contribution in [3.8, 4) is 11.4 Å². The summed E-state index contributed by atoms with van der Waals surface area (Å²) in [6, 6.07) is 12.5. The average Bonchev–Trinajstić information content (AvgIpc) is 3.23. The minimum absolute atomic E-state index is 0.124. The van der Waals surface area contributed by atoms with Crippen molar-refractivity contribution >= 4 is 23.8 Å². The van der Waals surface area contributed by atoms with Crippen molar-refractivity contribution in [3.63, 3.8) is 0 Å². The van der Waals surface area contributed by atoms with Crippen LogP contribution < -0.4 is 10.2 Å². The van der Waals surface area contributed by atoms with E-state index < -0.39 is 0 Å². The highest BCUT2D eigenvalue weighted by atomic mass is 32.1. The number of carbonyl (C=O) groups is 1. The van der Waals surface area contributed by atoms with Crippen LogP contribution in [0.2, 0.25) is 0 Å². The van der Waals surface area contributed by atoms with Crippen LogP contribution in [0.5, 0.6) is 0 Å². The molecular formula is C26H33FN6OS. The van der Waals surface area contributed by atoms with Gasteiger partial charge in [-0.15, -0.1) is 0 Å². The maximum Gasteiger partial charge on any atom is 0.222 e. The molecule has 0 bridgehead atoms. The molecule has 186 valence electrons. The second-order valence-corrected chi connectivity index (χ2v) is 9.42. The van der Waals surface area contributed by atoms with Crippen molar-refractivity contribution in [1.29, 1.82) is 0 Å². The molecular weight excluding hydrogens is 463 g/mol. The number of anilines is 1. The molecule has 1 aromatic heterocycles. The van der Waals surface area contributed by atoms with Gasteiger partial charge >= 0.3 is 0 Å². The van der Waals surface area contributed by atoms with Gasteiger partial charge < -0.3 is 15.1 Å². The van der Waals surface area contributed by atoms with Crippen molar-refractivity contribution in [2.75, 3.05) is 37.6 Å². The summed E-state index contributed by atoms with van der Waals surface area (Å²) in [5.41, 5.74) is 3.87. The van der Waals surface area contributed by atoms with E-state index in [0.29, 0.717) is 17.1 Å². The van der Waals surface area contributed by atoms with E-state index in [1.807, 2.05) is 48.7 Å². The quantitative estimate of drug-likeness (QED) is 0.451. The van der Waals surface area contributed by atoms with Gasteiger partial charge in [0.25, 0.3) is 0 Å². The number of aryl methyl sites for hydroxylation is 1. The van der Waals surface area contributed by atoms with Gasteiger partial charge in [0.15, 0.2) is 10.6 Å². The number of piperazine rings is 1. The van der Waals surface area contributed by atoms with Crippen molar-refractivity contribution in [2.45, 2.75) is 39.8 Å². The molecule has 1 fully saturated rings.